The average molecular weight is 374 g/mol. The van der Waals surface area contributed by atoms with Crippen LogP contribution in [-0.2, 0) is 13.0 Å². The Kier molecular flexibility index (Phi) is 4.94. The highest BCUT2D eigenvalue weighted by Crippen LogP contribution is 2.31. The second-order valence-corrected chi connectivity index (χ2v) is 6.55. The minimum Gasteiger partial charge on any atom is -0.481 e. The molecule has 0 radical (unpaired) electrons. The van der Waals surface area contributed by atoms with E-state index in [4.69, 9.17) is 9.15 Å². The highest BCUT2D eigenvalue weighted by Gasteiger charge is 2.18. The quantitative estimate of drug-likeness (QED) is 0.447. The number of rotatable bonds is 5. The molecular formula is C24H19FO3. The van der Waals surface area contributed by atoms with Gasteiger partial charge in [-0.1, -0.05) is 55.5 Å². The van der Waals surface area contributed by atoms with Crippen LogP contribution in [0.15, 0.2) is 82.0 Å². The molecule has 0 saturated heterocycles. The average Bonchev–Trinajstić information content (AvgIpc) is 2.74. The second kappa shape index (κ2) is 7.69. The Bertz CT molecular complexity index is 1160. The molecule has 0 amide bonds. The molecule has 0 N–H and O–H groups in total. The SMILES string of the molecule is CCc1ccc2oc(-c3ccccc3)c(OCc3ccc(F)cc3)c(=O)c2c1. The maximum Gasteiger partial charge on any atom is 0.235 e. The van der Waals surface area contributed by atoms with E-state index in [-0.39, 0.29) is 23.6 Å². The van der Waals surface area contributed by atoms with Crippen LogP contribution in [0.1, 0.15) is 18.1 Å². The molecular weight excluding hydrogens is 355 g/mol. The van der Waals surface area contributed by atoms with Crippen LogP contribution >= 0.6 is 0 Å². The molecule has 0 saturated carbocycles. The summed E-state index contributed by atoms with van der Waals surface area (Å²) in [5, 5.41) is 0.494. The molecule has 140 valence electrons. The first-order chi connectivity index (χ1) is 13.7. The van der Waals surface area contributed by atoms with Crippen molar-refractivity contribution in [3.63, 3.8) is 0 Å². The Labute approximate surface area is 162 Å². The van der Waals surface area contributed by atoms with Crippen molar-refractivity contribution in [2.45, 2.75) is 20.0 Å². The van der Waals surface area contributed by atoms with Crippen LogP contribution in [0.3, 0.4) is 0 Å². The van der Waals surface area contributed by atoms with Crippen LogP contribution in [0.5, 0.6) is 5.75 Å². The number of hydrogen-bond donors (Lipinski definition) is 0. The number of fused-ring (bicyclic) bond motifs is 1. The largest absolute Gasteiger partial charge is 0.481 e. The number of halogens is 1. The summed E-state index contributed by atoms with van der Waals surface area (Å²) in [6.07, 6.45) is 0.821. The molecule has 0 bridgehead atoms. The van der Waals surface area contributed by atoms with Crippen molar-refractivity contribution in [1.82, 2.24) is 0 Å². The topological polar surface area (TPSA) is 39.4 Å². The predicted octanol–water partition coefficient (Wildman–Crippen LogP) is 5.74. The lowest BCUT2D eigenvalue weighted by molar-refractivity contribution is 0.297. The standard InChI is InChI=1S/C24H19FO3/c1-2-16-10-13-21-20(14-16)22(26)24(23(28-21)18-6-4-3-5-7-18)27-15-17-8-11-19(25)12-9-17/h3-14H,2,15H2,1H3. The van der Waals surface area contributed by atoms with Crippen molar-refractivity contribution in [3.8, 4) is 17.1 Å². The lowest BCUT2D eigenvalue weighted by Gasteiger charge is -2.12. The lowest BCUT2D eigenvalue weighted by Crippen LogP contribution is -2.10. The van der Waals surface area contributed by atoms with E-state index in [0.29, 0.717) is 16.7 Å². The highest BCUT2D eigenvalue weighted by atomic mass is 19.1. The first kappa shape index (κ1) is 18.0. The smallest absolute Gasteiger partial charge is 0.235 e. The molecule has 0 unspecified atom stereocenters. The van der Waals surface area contributed by atoms with Crippen LogP contribution in [0.25, 0.3) is 22.3 Å². The molecule has 0 atom stereocenters. The minimum absolute atomic E-state index is 0.143. The van der Waals surface area contributed by atoms with Gasteiger partial charge in [0, 0.05) is 5.56 Å². The van der Waals surface area contributed by atoms with E-state index in [1.54, 1.807) is 12.1 Å². The summed E-state index contributed by atoms with van der Waals surface area (Å²) in [6, 6.07) is 21.0. The molecule has 3 aromatic carbocycles. The van der Waals surface area contributed by atoms with Gasteiger partial charge in [0.2, 0.25) is 11.2 Å². The molecule has 4 heteroatoms. The van der Waals surface area contributed by atoms with Gasteiger partial charge >= 0.3 is 0 Å². The summed E-state index contributed by atoms with van der Waals surface area (Å²) in [7, 11) is 0. The van der Waals surface area contributed by atoms with E-state index < -0.39 is 0 Å². The van der Waals surface area contributed by atoms with Crippen molar-refractivity contribution >= 4 is 11.0 Å². The Morgan fingerprint density at radius 1 is 0.929 bits per heavy atom. The fourth-order valence-electron chi connectivity index (χ4n) is 3.09. The number of benzene rings is 3. The van der Waals surface area contributed by atoms with Crippen LogP contribution in [-0.4, -0.2) is 0 Å². The van der Waals surface area contributed by atoms with Crippen molar-refractivity contribution in [2.75, 3.05) is 0 Å². The lowest BCUT2D eigenvalue weighted by atomic mass is 10.1. The van der Waals surface area contributed by atoms with Gasteiger partial charge in [-0.2, -0.15) is 0 Å². The van der Waals surface area contributed by atoms with Gasteiger partial charge in [0.05, 0.1) is 5.39 Å². The van der Waals surface area contributed by atoms with Gasteiger partial charge in [0.15, 0.2) is 5.76 Å². The Morgan fingerprint density at radius 2 is 1.64 bits per heavy atom. The summed E-state index contributed by atoms with van der Waals surface area (Å²) in [6.45, 7) is 2.18. The van der Waals surface area contributed by atoms with Crippen molar-refractivity contribution < 1.29 is 13.5 Å². The first-order valence-corrected chi connectivity index (χ1v) is 9.18. The highest BCUT2D eigenvalue weighted by molar-refractivity contribution is 5.82. The molecule has 3 nitrogen and oxygen atoms in total. The third kappa shape index (κ3) is 3.54. The van der Waals surface area contributed by atoms with Crippen LogP contribution in [0.2, 0.25) is 0 Å². The maximum atomic E-state index is 13.2. The van der Waals surface area contributed by atoms with E-state index in [9.17, 15) is 9.18 Å². The molecule has 28 heavy (non-hydrogen) atoms. The summed E-state index contributed by atoms with van der Waals surface area (Å²) >= 11 is 0. The van der Waals surface area contributed by atoms with Crippen molar-refractivity contribution in [2.24, 2.45) is 0 Å². The first-order valence-electron chi connectivity index (χ1n) is 9.18. The third-order valence-electron chi connectivity index (χ3n) is 4.65. The summed E-state index contributed by atoms with van der Waals surface area (Å²) in [4.78, 5) is 13.2. The molecule has 4 rings (SSSR count). The Hall–Kier alpha value is -3.40. The third-order valence-corrected chi connectivity index (χ3v) is 4.65. The fourth-order valence-corrected chi connectivity index (χ4v) is 3.09. The number of hydrogen-bond acceptors (Lipinski definition) is 3. The normalized spacial score (nSPS) is 10.9. The van der Waals surface area contributed by atoms with E-state index >= 15 is 0 Å². The monoisotopic (exact) mass is 374 g/mol. The molecule has 0 aliphatic heterocycles. The van der Waals surface area contributed by atoms with Crippen LogP contribution in [0.4, 0.5) is 4.39 Å². The maximum absolute atomic E-state index is 13.2. The van der Waals surface area contributed by atoms with Gasteiger partial charge in [0.25, 0.3) is 0 Å². The van der Waals surface area contributed by atoms with Crippen LogP contribution < -0.4 is 10.2 Å². The van der Waals surface area contributed by atoms with Gasteiger partial charge in [-0.3, -0.25) is 4.79 Å². The van der Waals surface area contributed by atoms with Gasteiger partial charge < -0.3 is 9.15 Å². The number of ether oxygens (including phenoxy) is 1. The van der Waals surface area contributed by atoms with E-state index in [1.165, 1.54) is 12.1 Å². The molecule has 0 fully saturated rings. The molecule has 0 aliphatic rings. The zero-order valence-corrected chi connectivity index (χ0v) is 15.4. The molecule has 1 aromatic heterocycles. The predicted molar refractivity (Wildman–Crippen MR) is 108 cm³/mol. The summed E-state index contributed by atoms with van der Waals surface area (Å²) in [5.74, 6) is 0.242. The van der Waals surface area contributed by atoms with Crippen LogP contribution in [0, 0.1) is 5.82 Å². The van der Waals surface area contributed by atoms with Gasteiger partial charge in [0.1, 0.15) is 18.0 Å². The van der Waals surface area contributed by atoms with E-state index in [2.05, 4.69) is 0 Å². The van der Waals surface area contributed by atoms with Crippen molar-refractivity contribution in [1.29, 1.82) is 0 Å². The van der Waals surface area contributed by atoms with Gasteiger partial charge in [-0.25, -0.2) is 4.39 Å². The zero-order valence-electron chi connectivity index (χ0n) is 15.4. The Morgan fingerprint density at radius 3 is 2.36 bits per heavy atom. The summed E-state index contributed by atoms with van der Waals surface area (Å²) in [5.41, 5.74) is 2.89. The van der Waals surface area contributed by atoms with Crippen molar-refractivity contribution in [3.05, 3.63) is 100.0 Å². The minimum atomic E-state index is -0.314. The van der Waals surface area contributed by atoms with E-state index in [0.717, 1.165) is 23.1 Å². The molecule has 1 heterocycles. The van der Waals surface area contributed by atoms with Gasteiger partial charge in [-0.05, 0) is 41.8 Å². The van der Waals surface area contributed by atoms with Gasteiger partial charge in [-0.15, -0.1) is 0 Å². The summed E-state index contributed by atoms with van der Waals surface area (Å²) < 4.78 is 25.1. The number of aryl methyl sites for hydroxylation is 1. The second-order valence-electron chi connectivity index (χ2n) is 6.55. The fraction of sp³-hybridized carbons (Fsp3) is 0.125. The zero-order chi connectivity index (χ0) is 19.5. The molecule has 0 aliphatic carbocycles. The van der Waals surface area contributed by atoms with E-state index in [1.807, 2.05) is 55.5 Å². The molecule has 4 aromatic rings. The molecule has 0 spiro atoms. The Balaban J connectivity index is 1.84.